The van der Waals surface area contributed by atoms with Gasteiger partial charge in [-0.25, -0.2) is 5.84 Å². The van der Waals surface area contributed by atoms with E-state index >= 15 is 0 Å². The summed E-state index contributed by atoms with van der Waals surface area (Å²) in [6, 6.07) is 7.28. The molecule has 2 heterocycles. The van der Waals surface area contributed by atoms with E-state index < -0.39 is 0 Å². The van der Waals surface area contributed by atoms with E-state index in [9.17, 15) is 0 Å². The molecule has 0 atom stereocenters. The van der Waals surface area contributed by atoms with Crippen molar-refractivity contribution in [3.05, 3.63) is 47.3 Å². The van der Waals surface area contributed by atoms with Crippen molar-refractivity contribution in [1.29, 1.82) is 5.41 Å². The maximum atomic E-state index is 7.62. The summed E-state index contributed by atoms with van der Waals surface area (Å²) >= 11 is 0. The molecule has 1 aliphatic rings. The maximum absolute atomic E-state index is 7.62. The highest BCUT2D eigenvalue weighted by Gasteiger charge is 2.13. The highest BCUT2D eigenvalue weighted by Crippen LogP contribution is 2.27. The van der Waals surface area contributed by atoms with Gasteiger partial charge in [0.1, 0.15) is 5.75 Å². The summed E-state index contributed by atoms with van der Waals surface area (Å²) in [5, 5.41) is 17.7. The molecule has 1 aromatic heterocycles. The summed E-state index contributed by atoms with van der Waals surface area (Å²) in [5.74, 6) is 7.56. The molecule has 0 spiro atoms. The minimum Gasteiger partial charge on any atom is -0.497 e. The van der Waals surface area contributed by atoms with Gasteiger partial charge >= 0.3 is 0 Å². The van der Waals surface area contributed by atoms with Crippen LogP contribution in [0.5, 0.6) is 5.75 Å². The zero-order valence-corrected chi connectivity index (χ0v) is 16.6. The van der Waals surface area contributed by atoms with Gasteiger partial charge < -0.3 is 31.5 Å². The molecular formula is C20H28N8O. The van der Waals surface area contributed by atoms with Crippen molar-refractivity contribution < 1.29 is 4.74 Å². The zero-order chi connectivity index (χ0) is 20.8. The van der Waals surface area contributed by atoms with Gasteiger partial charge in [-0.15, -0.1) is 5.10 Å². The van der Waals surface area contributed by atoms with Crippen LogP contribution in [0.1, 0.15) is 36.1 Å². The Balaban J connectivity index is 1.72. The lowest BCUT2D eigenvalue weighted by Gasteiger charge is -2.27. The van der Waals surface area contributed by atoms with Crippen LogP contribution in [0.25, 0.3) is 5.70 Å². The van der Waals surface area contributed by atoms with Crippen molar-refractivity contribution in [3.8, 4) is 5.75 Å². The van der Waals surface area contributed by atoms with Crippen molar-refractivity contribution in [2.45, 2.75) is 25.8 Å². The first-order valence-electron chi connectivity index (χ1n) is 9.56. The number of anilines is 2. The Kier molecular flexibility index (Phi) is 6.50. The number of ether oxygens (including phenoxy) is 1. The topological polar surface area (TPSA) is 143 Å². The molecule has 0 saturated carbocycles. The van der Waals surface area contributed by atoms with Gasteiger partial charge in [-0.2, -0.15) is 5.10 Å². The van der Waals surface area contributed by atoms with Gasteiger partial charge in [-0.1, -0.05) is 0 Å². The fraction of sp³-hybridized carbons (Fsp3) is 0.350. The van der Waals surface area contributed by atoms with Crippen LogP contribution in [0.2, 0.25) is 0 Å². The smallest absolute Gasteiger partial charge is 0.151 e. The molecule has 29 heavy (non-hydrogen) atoms. The Morgan fingerprint density at radius 3 is 2.62 bits per heavy atom. The minimum atomic E-state index is 0.341. The molecule has 2 aromatic rings. The van der Waals surface area contributed by atoms with Crippen molar-refractivity contribution >= 4 is 23.4 Å². The summed E-state index contributed by atoms with van der Waals surface area (Å²) in [6.07, 6.45) is 6.40. The third-order valence-corrected chi connectivity index (χ3v) is 4.91. The highest BCUT2D eigenvalue weighted by molar-refractivity contribution is 5.93. The van der Waals surface area contributed by atoms with Crippen molar-refractivity contribution in [2.75, 3.05) is 30.8 Å². The summed E-state index contributed by atoms with van der Waals surface area (Å²) in [6.45, 7) is 2.39. The Bertz CT molecular complexity index is 875. The molecule has 1 aromatic carbocycles. The number of hydrogen-bond donors (Lipinski definition) is 4. The number of nitrogen functional groups attached to an aromatic ring is 1. The molecule has 7 N–H and O–H groups in total. The monoisotopic (exact) mass is 396 g/mol. The molecule has 0 aliphatic carbocycles. The van der Waals surface area contributed by atoms with Gasteiger partial charge in [0, 0.05) is 48.4 Å². The van der Waals surface area contributed by atoms with E-state index in [-0.39, 0.29) is 0 Å². The fourth-order valence-corrected chi connectivity index (χ4v) is 3.38. The van der Waals surface area contributed by atoms with Gasteiger partial charge in [0.2, 0.25) is 0 Å². The number of hydrogen-bond acceptors (Lipinski definition) is 9. The predicted octanol–water partition coefficient (Wildman–Crippen LogP) is 1.69. The molecule has 0 radical (unpaired) electrons. The minimum absolute atomic E-state index is 0.341. The third-order valence-electron chi connectivity index (χ3n) is 4.91. The largest absolute Gasteiger partial charge is 0.497 e. The van der Waals surface area contributed by atoms with Gasteiger partial charge in [-0.3, -0.25) is 0 Å². The second-order valence-electron chi connectivity index (χ2n) is 7.01. The van der Waals surface area contributed by atoms with E-state index in [0.717, 1.165) is 30.8 Å². The number of rotatable bonds is 7. The van der Waals surface area contributed by atoms with Crippen molar-refractivity contribution in [3.63, 3.8) is 0 Å². The first-order chi connectivity index (χ1) is 14.0. The van der Waals surface area contributed by atoms with Gasteiger partial charge in [0.15, 0.2) is 5.82 Å². The molecule has 9 heteroatoms. The van der Waals surface area contributed by atoms with Crippen LogP contribution in [0.3, 0.4) is 0 Å². The van der Waals surface area contributed by atoms with E-state index in [2.05, 4.69) is 15.1 Å². The third kappa shape index (κ3) is 4.94. The average molecular weight is 396 g/mol. The van der Waals surface area contributed by atoms with E-state index in [1.54, 1.807) is 25.4 Å². The fourth-order valence-electron chi connectivity index (χ4n) is 3.38. The number of nitrogens with one attached hydrogen (secondary N) is 1. The molecule has 0 bridgehead atoms. The normalized spacial score (nSPS) is 14.6. The van der Waals surface area contributed by atoms with E-state index in [4.69, 9.17) is 27.5 Å². The zero-order valence-electron chi connectivity index (χ0n) is 16.6. The van der Waals surface area contributed by atoms with Crippen LogP contribution in [-0.2, 0) is 6.54 Å². The van der Waals surface area contributed by atoms with E-state index in [0.29, 0.717) is 34.8 Å². The van der Waals surface area contributed by atoms with Crippen LogP contribution in [0.4, 0.5) is 11.5 Å². The lowest BCUT2D eigenvalue weighted by Crippen LogP contribution is -2.30. The summed E-state index contributed by atoms with van der Waals surface area (Å²) in [5.41, 5.74) is 14.8. The second-order valence-corrected chi connectivity index (χ2v) is 7.01. The molecule has 1 fully saturated rings. The number of piperidine rings is 1. The number of hydrazine groups is 1. The molecule has 3 rings (SSSR count). The Labute approximate surface area is 170 Å². The second kappa shape index (κ2) is 9.24. The summed E-state index contributed by atoms with van der Waals surface area (Å²) in [4.78, 5) is 2.25. The number of nitrogens with two attached hydrogens (primary N) is 3. The van der Waals surface area contributed by atoms with Gasteiger partial charge in [0.05, 0.1) is 25.0 Å². The maximum Gasteiger partial charge on any atom is 0.151 e. The number of nitrogens with zero attached hydrogens (tertiary/aromatic N) is 4. The number of benzene rings is 1. The van der Waals surface area contributed by atoms with Gasteiger partial charge in [0.25, 0.3) is 0 Å². The molecule has 1 saturated heterocycles. The number of methoxy groups -OCH3 is 1. The standard InChI is InChI=1S/C20H28N8O/c1-29-15-9-16(17(11-21)18(22)10-15)19(23)13-28(24)12-14-5-6-20(26-25-14)27-7-3-2-4-8-27/h5-6,9-11,13,21H,2-4,7-8,12,22-24H2,1H3/b19-13-,21-11?. The molecule has 154 valence electrons. The van der Waals surface area contributed by atoms with Crippen molar-refractivity contribution in [2.24, 2.45) is 11.6 Å². The predicted molar refractivity (Wildman–Crippen MR) is 115 cm³/mol. The summed E-state index contributed by atoms with van der Waals surface area (Å²) < 4.78 is 5.24. The van der Waals surface area contributed by atoms with E-state index in [1.165, 1.54) is 24.3 Å². The van der Waals surface area contributed by atoms with E-state index in [1.807, 2.05) is 12.1 Å². The first kappa shape index (κ1) is 20.4. The lowest BCUT2D eigenvalue weighted by molar-refractivity contribution is 0.380. The Hall–Kier alpha value is -3.33. The van der Waals surface area contributed by atoms with Crippen LogP contribution in [0.15, 0.2) is 30.5 Å². The molecule has 0 amide bonds. The number of aromatic nitrogens is 2. The molecular weight excluding hydrogens is 368 g/mol. The van der Waals surface area contributed by atoms with Gasteiger partial charge in [-0.05, 0) is 37.5 Å². The van der Waals surface area contributed by atoms with Crippen molar-refractivity contribution in [1.82, 2.24) is 15.2 Å². The van der Waals surface area contributed by atoms with Crippen LogP contribution in [-0.4, -0.2) is 41.6 Å². The quantitative estimate of drug-likeness (QED) is 0.240. The molecule has 9 nitrogen and oxygen atoms in total. The highest BCUT2D eigenvalue weighted by atomic mass is 16.5. The van der Waals surface area contributed by atoms with Crippen LogP contribution in [0, 0.1) is 5.41 Å². The molecule has 0 unspecified atom stereocenters. The Morgan fingerprint density at radius 2 is 2.00 bits per heavy atom. The first-order valence-corrected chi connectivity index (χ1v) is 9.56. The van der Waals surface area contributed by atoms with Crippen LogP contribution < -0.4 is 26.9 Å². The summed E-state index contributed by atoms with van der Waals surface area (Å²) in [7, 11) is 1.55. The SMILES string of the molecule is COc1cc(N)c(C=N)c(/C(N)=C/N(N)Cc2ccc(N3CCCCC3)nn2)c1. The average Bonchev–Trinajstić information content (AvgIpc) is 2.74. The van der Waals surface area contributed by atoms with Crippen LogP contribution >= 0.6 is 0 Å². The lowest BCUT2D eigenvalue weighted by atomic mass is 10.0. The molecule has 1 aliphatic heterocycles. The Morgan fingerprint density at radius 1 is 1.24 bits per heavy atom.